The van der Waals surface area contributed by atoms with E-state index < -0.39 is 0 Å². The van der Waals surface area contributed by atoms with E-state index in [0.717, 1.165) is 25.7 Å². The minimum absolute atomic E-state index is 0.0623. The van der Waals surface area contributed by atoms with Gasteiger partial charge < -0.3 is 10.4 Å². The van der Waals surface area contributed by atoms with Crippen LogP contribution in [0.3, 0.4) is 0 Å². The molecule has 0 fully saturated rings. The van der Waals surface area contributed by atoms with Gasteiger partial charge in [-0.25, -0.2) is 0 Å². The molecular weight excluding hydrogens is 190 g/mol. The highest BCUT2D eigenvalue weighted by Crippen LogP contribution is 2.01. The summed E-state index contributed by atoms with van der Waals surface area (Å²) in [6.07, 6.45) is 9.61. The third-order valence-electron chi connectivity index (χ3n) is 2.31. The van der Waals surface area contributed by atoms with E-state index in [4.69, 9.17) is 11.5 Å². The van der Waals surface area contributed by atoms with Crippen LogP contribution in [0, 0.1) is 12.3 Å². The lowest BCUT2D eigenvalue weighted by molar-refractivity contribution is -0.122. The zero-order valence-electron chi connectivity index (χ0n) is 9.46. The highest BCUT2D eigenvalue weighted by molar-refractivity contribution is 5.76. The molecule has 15 heavy (non-hydrogen) atoms. The number of carbonyl (C=O) groups excluding carboxylic acids is 1. The monoisotopic (exact) mass is 211 g/mol. The molecule has 1 unspecified atom stereocenters. The molecule has 0 aromatic heterocycles. The van der Waals surface area contributed by atoms with Crippen LogP contribution in [-0.2, 0) is 4.79 Å². The van der Waals surface area contributed by atoms with Gasteiger partial charge in [0.1, 0.15) is 0 Å². The van der Waals surface area contributed by atoms with Crippen LogP contribution < -0.4 is 5.32 Å². The van der Waals surface area contributed by atoms with Gasteiger partial charge in [-0.05, 0) is 25.7 Å². The second kappa shape index (κ2) is 9.54. The number of amides is 1. The Hall–Kier alpha value is -1.01. The van der Waals surface area contributed by atoms with Gasteiger partial charge in [0.15, 0.2) is 0 Å². The molecule has 0 aliphatic heterocycles. The summed E-state index contributed by atoms with van der Waals surface area (Å²) in [4.78, 5) is 11.4. The van der Waals surface area contributed by atoms with E-state index in [0.29, 0.717) is 12.8 Å². The number of hydrogen-bond donors (Lipinski definition) is 2. The fraction of sp³-hybridized carbons (Fsp3) is 0.750. The number of aliphatic hydroxyl groups is 1. The third kappa shape index (κ3) is 8.02. The van der Waals surface area contributed by atoms with Crippen molar-refractivity contribution in [2.75, 3.05) is 6.61 Å². The summed E-state index contributed by atoms with van der Waals surface area (Å²) in [5.41, 5.74) is 0. The van der Waals surface area contributed by atoms with E-state index in [1.54, 1.807) is 0 Å². The Bertz CT molecular complexity index is 208. The molecule has 0 rings (SSSR count). The van der Waals surface area contributed by atoms with E-state index in [9.17, 15) is 4.79 Å². The van der Waals surface area contributed by atoms with Crippen molar-refractivity contribution in [3.8, 4) is 12.3 Å². The van der Waals surface area contributed by atoms with Crippen LogP contribution >= 0.6 is 0 Å². The molecule has 1 amide bonds. The van der Waals surface area contributed by atoms with Gasteiger partial charge in [0, 0.05) is 25.5 Å². The predicted molar refractivity (Wildman–Crippen MR) is 61.2 cm³/mol. The summed E-state index contributed by atoms with van der Waals surface area (Å²) < 4.78 is 0. The van der Waals surface area contributed by atoms with Crippen molar-refractivity contribution in [3.63, 3.8) is 0 Å². The van der Waals surface area contributed by atoms with Crippen molar-refractivity contribution in [2.24, 2.45) is 0 Å². The average molecular weight is 211 g/mol. The van der Waals surface area contributed by atoms with Crippen LogP contribution in [0.5, 0.6) is 0 Å². The Morgan fingerprint density at radius 3 is 2.80 bits per heavy atom. The van der Waals surface area contributed by atoms with Crippen molar-refractivity contribution in [3.05, 3.63) is 0 Å². The molecule has 0 spiro atoms. The quantitative estimate of drug-likeness (QED) is 0.471. The van der Waals surface area contributed by atoms with Crippen molar-refractivity contribution in [1.82, 2.24) is 5.32 Å². The minimum Gasteiger partial charge on any atom is -0.396 e. The molecule has 0 aromatic carbocycles. The predicted octanol–water partition coefficient (Wildman–Crippen LogP) is 1.46. The third-order valence-corrected chi connectivity index (χ3v) is 2.31. The van der Waals surface area contributed by atoms with Crippen molar-refractivity contribution in [1.29, 1.82) is 0 Å². The van der Waals surface area contributed by atoms with Crippen LogP contribution in [0.1, 0.15) is 45.4 Å². The van der Waals surface area contributed by atoms with E-state index in [1.807, 2.05) is 6.92 Å². The zero-order chi connectivity index (χ0) is 11.5. The Morgan fingerprint density at radius 2 is 2.27 bits per heavy atom. The Balaban J connectivity index is 3.58. The molecule has 3 nitrogen and oxygen atoms in total. The van der Waals surface area contributed by atoms with Crippen LogP contribution in [0.2, 0.25) is 0 Å². The molecule has 2 N–H and O–H groups in total. The fourth-order valence-corrected chi connectivity index (χ4v) is 1.35. The van der Waals surface area contributed by atoms with E-state index in [-0.39, 0.29) is 18.6 Å². The number of rotatable bonds is 8. The summed E-state index contributed by atoms with van der Waals surface area (Å²) in [6.45, 7) is 2.12. The molecular formula is C12H21NO2. The normalized spacial score (nSPS) is 11.8. The number of nitrogens with one attached hydrogen (secondary N) is 1. The number of carbonyl (C=O) groups is 1. The SMILES string of the molecule is C#CCCCCC(=O)NC(CC)CCO. The lowest BCUT2D eigenvalue weighted by Crippen LogP contribution is -2.34. The number of terminal acetylenes is 1. The Labute approximate surface area is 92.3 Å². The maximum atomic E-state index is 11.4. The second-order valence-corrected chi connectivity index (χ2v) is 3.60. The molecule has 0 saturated heterocycles. The van der Waals surface area contributed by atoms with E-state index >= 15 is 0 Å². The number of aliphatic hydroxyl groups excluding tert-OH is 1. The van der Waals surface area contributed by atoms with Gasteiger partial charge in [-0.1, -0.05) is 6.92 Å². The number of unbranched alkanes of at least 4 members (excludes halogenated alkanes) is 2. The highest BCUT2D eigenvalue weighted by Gasteiger charge is 2.08. The van der Waals surface area contributed by atoms with E-state index in [2.05, 4.69) is 11.2 Å². The van der Waals surface area contributed by atoms with Crippen LogP contribution in [0.25, 0.3) is 0 Å². The molecule has 0 saturated carbocycles. The first-order valence-corrected chi connectivity index (χ1v) is 5.58. The van der Waals surface area contributed by atoms with Gasteiger partial charge in [-0.3, -0.25) is 4.79 Å². The van der Waals surface area contributed by atoms with E-state index in [1.165, 1.54) is 0 Å². The lowest BCUT2D eigenvalue weighted by atomic mass is 10.1. The second-order valence-electron chi connectivity index (χ2n) is 3.60. The smallest absolute Gasteiger partial charge is 0.220 e. The Morgan fingerprint density at radius 1 is 1.53 bits per heavy atom. The van der Waals surface area contributed by atoms with Gasteiger partial charge in [-0.15, -0.1) is 12.3 Å². The summed E-state index contributed by atoms with van der Waals surface area (Å²) in [7, 11) is 0. The van der Waals surface area contributed by atoms with Crippen LogP contribution in [0.4, 0.5) is 0 Å². The maximum Gasteiger partial charge on any atom is 0.220 e. The standard InChI is InChI=1S/C12H21NO2/c1-3-5-6-7-8-12(15)13-11(4-2)9-10-14/h1,11,14H,4-10H2,2H3,(H,13,15). The molecule has 1 atom stereocenters. The summed E-state index contributed by atoms with van der Waals surface area (Å²) in [5.74, 6) is 2.61. The highest BCUT2D eigenvalue weighted by atomic mass is 16.3. The largest absolute Gasteiger partial charge is 0.396 e. The fourth-order valence-electron chi connectivity index (χ4n) is 1.35. The zero-order valence-corrected chi connectivity index (χ0v) is 9.46. The van der Waals surface area contributed by atoms with Gasteiger partial charge in [0.05, 0.1) is 0 Å². The molecule has 3 heteroatoms. The lowest BCUT2D eigenvalue weighted by Gasteiger charge is -2.15. The first kappa shape index (κ1) is 14.0. The van der Waals surface area contributed by atoms with Gasteiger partial charge >= 0.3 is 0 Å². The molecule has 0 aliphatic rings. The molecule has 0 aromatic rings. The maximum absolute atomic E-state index is 11.4. The van der Waals surface area contributed by atoms with Crippen LogP contribution in [0.15, 0.2) is 0 Å². The molecule has 0 bridgehead atoms. The van der Waals surface area contributed by atoms with Gasteiger partial charge in [0.2, 0.25) is 5.91 Å². The minimum atomic E-state index is 0.0623. The topological polar surface area (TPSA) is 49.3 Å². The van der Waals surface area contributed by atoms with Crippen molar-refractivity contribution < 1.29 is 9.90 Å². The van der Waals surface area contributed by atoms with Crippen molar-refractivity contribution >= 4 is 5.91 Å². The summed E-state index contributed by atoms with van der Waals surface area (Å²) in [6, 6.07) is 0.107. The molecule has 0 radical (unpaired) electrons. The molecule has 0 heterocycles. The van der Waals surface area contributed by atoms with Crippen LogP contribution in [-0.4, -0.2) is 23.7 Å². The molecule has 86 valence electrons. The Kier molecular flexibility index (Phi) is 8.90. The average Bonchev–Trinajstić information content (AvgIpc) is 2.24. The first-order valence-electron chi connectivity index (χ1n) is 5.58. The van der Waals surface area contributed by atoms with Gasteiger partial charge in [-0.2, -0.15) is 0 Å². The summed E-state index contributed by atoms with van der Waals surface area (Å²) in [5, 5.41) is 11.6. The first-order chi connectivity index (χ1) is 7.24. The number of hydrogen-bond acceptors (Lipinski definition) is 2. The van der Waals surface area contributed by atoms with Gasteiger partial charge in [0.25, 0.3) is 0 Å². The van der Waals surface area contributed by atoms with Crippen molar-refractivity contribution in [2.45, 2.75) is 51.5 Å². The molecule has 0 aliphatic carbocycles. The summed E-state index contributed by atoms with van der Waals surface area (Å²) >= 11 is 0.